The normalized spacial score (nSPS) is 24.8. The second-order valence-corrected chi connectivity index (χ2v) is 6.99. The average Bonchev–Trinajstić information content (AvgIpc) is 2.95. The molecule has 6 heteroatoms. The summed E-state index contributed by atoms with van der Waals surface area (Å²) in [4.78, 5) is 24.5. The van der Waals surface area contributed by atoms with Crippen LogP contribution in [0, 0.1) is 5.92 Å². The van der Waals surface area contributed by atoms with E-state index in [1.807, 2.05) is 19.1 Å². The van der Waals surface area contributed by atoms with Gasteiger partial charge in [-0.3, -0.25) is 0 Å². The fraction of sp³-hybridized carbons (Fsp3) is 0.300. The summed E-state index contributed by atoms with van der Waals surface area (Å²) in [5.74, 6) is -0.942. The zero-order valence-corrected chi connectivity index (χ0v) is 15.8. The summed E-state index contributed by atoms with van der Waals surface area (Å²) in [6, 6.07) is 17.5. The van der Waals surface area contributed by atoms with Gasteiger partial charge in [-0.15, -0.1) is 0 Å². The third-order valence-corrected chi connectivity index (χ3v) is 5.29. The molecule has 1 heterocycles. The summed E-state index contributed by atoms with van der Waals surface area (Å²) in [5, 5.41) is -0.281. The summed E-state index contributed by atoms with van der Waals surface area (Å²) in [6.45, 7) is 1.92. The minimum atomic E-state index is -0.533. The molecule has 0 bridgehead atoms. The monoisotopic (exact) mass is 418 g/mol. The molecule has 3 unspecified atom stereocenters. The number of hydrogen-bond acceptors (Lipinski definition) is 5. The van der Waals surface area contributed by atoms with E-state index in [9.17, 15) is 9.59 Å². The van der Waals surface area contributed by atoms with Crippen molar-refractivity contribution in [2.45, 2.75) is 24.1 Å². The molecule has 0 amide bonds. The van der Waals surface area contributed by atoms with E-state index in [0.717, 1.165) is 0 Å². The van der Waals surface area contributed by atoms with Crippen molar-refractivity contribution in [2.75, 3.05) is 6.61 Å². The Kier molecular flexibility index (Phi) is 6.06. The Bertz CT molecular complexity index is 749. The molecule has 3 rings (SSSR count). The first-order valence-corrected chi connectivity index (χ1v) is 9.25. The van der Waals surface area contributed by atoms with Gasteiger partial charge in [-0.05, 0) is 24.3 Å². The van der Waals surface area contributed by atoms with Crippen LogP contribution in [0.2, 0.25) is 0 Å². The Morgan fingerprint density at radius 2 is 1.50 bits per heavy atom. The van der Waals surface area contributed by atoms with Crippen LogP contribution < -0.4 is 0 Å². The van der Waals surface area contributed by atoms with E-state index >= 15 is 0 Å². The van der Waals surface area contributed by atoms with Crippen LogP contribution >= 0.6 is 15.9 Å². The molecule has 1 aliphatic rings. The molecule has 0 spiro atoms. The number of benzene rings is 2. The van der Waals surface area contributed by atoms with E-state index < -0.39 is 24.1 Å². The molecule has 2 aromatic rings. The summed E-state index contributed by atoms with van der Waals surface area (Å²) >= 11 is 3.43. The van der Waals surface area contributed by atoms with Gasteiger partial charge >= 0.3 is 11.9 Å². The molecule has 0 saturated carbocycles. The van der Waals surface area contributed by atoms with Gasteiger partial charge in [0, 0.05) is 5.92 Å². The predicted molar refractivity (Wildman–Crippen MR) is 99.1 cm³/mol. The quantitative estimate of drug-likeness (QED) is 0.545. The highest BCUT2D eigenvalue weighted by Crippen LogP contribution is 2.33. The number of ether oxygens (including phenoxy) is 3. The smallest absolute Gasteiger partial charge is 0.338 e. The van der Waals surface area contributed by atoms with Crippen molar-refractivity contribution in [3.05, 3.63) is 71.8 Å². The summed E-state index contributed by atoms with van der Waals surface area (Å²) in [6.07, 6.45) is -1.05. The van der Waals surface area contributed by atoms with Gasteiger partial charge in [0.1, 0.15) is 23.8 Å². The minimum Gasteiger partial charge on any atom is -0.459 e. The molecule has 4 atom stereocenters. The fourth-order valence-electron chi connectivity index (χ4n) is 2.75. The molecule has 1 saturated heterocycles. The van der Waals surface area contributed by atoms with Crippen LogP contribution in [0.3, 0.4) is 0 Å². The van der Waals surface area contributed by atoms with Gasteiger partial charge in [-0.2, -0.15) is 0 Å². The number of alkyl halides is 1. The van der Waals surface area contributed by atoms with Crippen LogP contribution in [0.1, 0.15) is 27.6 Å². The molecular weight excluding hydrogens is 400 g/mol. The van der Waals surface area contributed by atoms with Crippen LogP contribution in [0.5, 0.6) is 0 Å². The number of esters is 2. The van der Waals surface area contributed by atoms with Gasteiger partial charge < -0.3 is 14.2 Å². The average molecular weight is 419 g/mol. The Labute approximate surface area is 160 Å². The summed E-state index contributed by atoms with van der Waals surface area (Å²) < 4.78 is 16.8. The topological polar surface area (TPSA) is 61.8 Å². The molecule has 0 aliphatic carbocycles. The molecule has 2 aromatic carbocycles. The Morgan fingerprint density at radius 1 is 0.962 bits per heavy atom. The van der Waals surface area contributed by atoms with Crippen LogP contribution in [0.15, 0.2) is 60.7 Å². The van der Waals surface area contributed by atoms with E-state index in [1.54, 1.807) is 48.5 Å². The van der Waals surface area contributed by atoms with Crippen molar-refractivity contribution in [1.82, 2.24) is 0 Å². The van der Waals surface area contributed by atoms with Crippen LogP contribution in [-0.2, 0) is 14.2 Å². The molecule has 1 fully saturated rings. The number of halogens is 1. The van der Waals surface area contributed by atoms with Gasteiger partial charge in [0.25, 0.3) is 0 Å². The molecule has 5 nitrogen and oxygen atoms in total. The van der Waals surface area contributed by atoms with Gasteiger partial charge in [-0.1, -0.05) is 59.3 Å². The summed E-state index contributed by atoms with van der Waals surface area (Å²) in [7, 11) is 0. The number of hydrogen-bond donors (Lipinski definition) is 0. The van der Waals surface area contributed by atoms with Crippen molar-refractivity contribution in [2.24, 2.45) is 5.92 Å². The zero-order chi connectivity index (χ0) is 18.5. The van der Waals surface area contributed by atoms with Gasteiger partial charge in [-0.25, -0.2) is 9.59 Å². The van der Waals surface area contributed by atoms with Gasteiger partial charge in [0.05, 0.1) is 11.1 Å². The molecule has 136 valence electrons. The predicted octanol–water partition coefficient (Wildman–Crippen LogP) is 3.82. The first-order valence-electron chi connectivity index (χ1n) is 8.34. The number of carbonyl (C=O) groups excluding carboxylic acids is 2. The Hall–Kier alpha value is -2.18. The first kappa shape index (κ1) is 18.6. The maximum atomic E-state index is 12.4. The Morgan fingerprint density at radius 3 is 2.08 bits per heavy atom. The van der Waals surface area contributed by atoms with E-state index in [0.29, 0.717) is 11.1 Å². The lowest BCUT2D eigenvalue weighted by molar-refractivity contribution is -0.0327. The molecule has 26 heavy (non-hydrogen) atoms. The maximum absolute atomic E-state index is 12.4. The lowest BCUT2D eigenvalue weighted by atomic mass is 10.0. The van der Waals surface area contributed by atoms with Crippen LogP contribution in [0.25, 0.3) is 0 Å². The standard InChI is InChI=1S/C20H19BrO5/c1-13-17(26-20(23)15-10-6-3-7-11-15)16(25-18(13)21)12-24-19(22)14-8-4-2-5-9-14/h2-11,13,16-18H,12H2,1H3/t13?,16-,17?,18?/m1/s1. The van der Waals surface area contributed by atoms with Crippen LogP contribution in [0.4, 0.5) is 0 Å². The van der Waals surface area contributed by atoms with Crippen molar-refractivity contribution in [1.29, 1.82) is 0 Å². The highest BCUT2D eigenvalue weighted by atomic mass is 79.9. The lowest BCUT2D eigenvalue weighted by Crippen LogP contribution is -2.35. The third-order valence-electron chi connectivity index (χ3n) is 4.24. The second-order valence-electron chi connectivity index (χ2n) is 6.09. The van der Waals surface area contributed by atoms with E-state index in [1.165, 1.54) is 0 Å². The third kappa shape index (κ3) is 4.31. The highest BCUT2D eigenvalue weighted by Gasteiger charge is 2.44. The van der Waals surface area contributed by atoms with E-state index in [2.05, 4.69) is 15.9 Å². The van der Waals surface area contributed by atoms with E-state index in [4.69, 9.17) is 14.2 Å². The Balaban J connectivity index is 1.63. The summed E-state index contributed by atoms with van der Waals surface area (Å²) in [5.41, 5.74) is 0.935. The molecule has 0 radical (unpaired) electrons. The highest BCUT2D eigenvalue weighted by molar-refractivity contribution is 9.09. The maximum Gasteiger partial charge on any atom is 0.338 e. The van der Waals surface area contributed by atoms with Gasteiger partial charge in [0.2, 0.25) is 0 Å². The second kappa shape index (κ2) is 8.47. The molecular formula is C20H19BrO5. The number of rotatable bonds is 5. The largest absolute Gasteiger partial charge is 0.459 e. The van der Waals surface area contributed by atoms with E-state index in [-0.39, 0.29) is 17.5 Å². The molecule has 0 aromatic heterocycles. The first-order chi connectivity index (χ1) is 12.6. The van der Waals surface area contributed by atoms with Gasteiger partial charge in [0.15, 0.2) is 0 Å². The van der Waals surface area contributed by atoms with Crippen molar-refractivity contribution in [3.63, 3.8) is 0 Å². The minimum absolute atomic E-state index is 0.00685. The zero-order valence-electron chi connectivity index (χ0n) is 14.2. The molecule has 0 N–H and O–H groups in total. The lowest BCUT2D eigenvalue weighted by Gasteiger charge is -2.21. The fourth-order valence-corrected chi connectivity index (χ4v) is 3.33. The van der Waals surface area contributed by atoms with Crippen molar-refractivity contribution in [3.8, 4) is 0 Å². The van der Waals surface area contributed by atoms with Crippen molar-refractivity contribution < 1.29 is 23.8 Å². The molecule has 1 aliphatic heterocycles. The SMILES string of the molecule is CC1C(Br)O[C@H](COC(=O)c2ccccc2)C1OC(=O)c1ccccc1. The van der Waals surface area contributed by atoms with Crippen LogP contribution in [-0.4, -0.2) is 35.8 Å². The number of carbonyl (C=O) groups is 2. The van der Waals surface area contributed by atoms with Crippen molar-refractivity contribution >= 4 is 27.9 Å².